The van der Waals surface area contributed by atoms with Gasteiger partial charge in [-0.2, -0.15) is 0 Å². The zero-order valence-corrected chi connectivity index (χ0v) is 9.75. The Kier molecular flexibility index (Phi) is 4.36. The number of aliphatic hydroxyl groups excluding tert-OH is 1. The Hall–Kier alpha value is -1.73. The summed E-state index contributed by atoms with van der Waals surface area (Å²) < 4.78 is 0. The Morgan fingerprint density at radius 3 is 2.82 bits per heavy atom. The summed E-state index contributed by atoms with van der Waals surface area (Å²) in [5.41, 5.74) is 6.26. The Morgan fingerprint density at radius 2 is 2.35 bits per heavy atom. The summed E-state index contributed by atoms with van der Waals surface area (Å²) in [6.45, 7) is 3.67. The van der Waals surface area contributed by atoms with Crippen LogP contribution in [0.4, 0.5) is 11.5 Å². The second-order valence-electron chi connectivity index (χ2n) is 3.90. The van der Waals surface area contributed by atoms with E-state index < -0.39 is 17.1 Å². The fraction of sp³-hybridized carbons (Fsp3) is 0.500. The van der Waals surface area contributed by atoms with Crippen molar-refractivity contribution in [1.82, 2.24) is 4.98 Å². The highest BCUT2D eigenvalue weighted by molar-refractivity contribution is 5.48. The summed E-state index contributed by atoms with van der Waals surface area (Å²) in [5, 5.41) is 22.7. The topological polar surface area (TPSA) is 114 Å². The molecule has 0 saturated carbocycles. The molecular weight excluding hydrogens is 224 g/mol. The molecule has 7 heteroatoms. The van der Waals surface area contributed by atoms with E-state index >= 15 is 0 Å². The lowest BCUT2D eigenvalue weighted by atomic mass is 10.2. The summed E-state index contributed by atoms with van der Waals surface area (Å²) >= 11 is 0. The lowest BCUT2D eigenvalue weighted by molar-refractivity contribution is -0.385. The van der Waals surface area contributed by atoms with Crippen molar-refractivity contribution in [1.29, 1.82) is 0 Å². The van der Waals surface area contributed by atoms with Gasteiger partial charge in [0, 0.05) is 18.7 Å². The van der Waals surface area contributed by atoms with Gasteiger partial charge >= 0.3 is 0 Å². The third-order valence-corrected chi connectivity index (χ3v) is 2.40. The van der Waals surface area contributed by atoms with Crippen LogP contribution < -0.4 is 11.1 Å². The second kappa shape index (κ2) is 5.55. The number of rotatable bonds is 5. The summed E-state index contributed by atoms with van der Waals surface area (Å²) in [4.78, 5) is 14.0. The molecule has 4 N–H and O–H groups in total. The third kappa shape index (κ3) is 3.65. The number of hydrogen-bond donors (Lipinski definition) is 3. The van der Waals surface area contributed by atoms with Gasteiger partial charge in [-0.15, -0.1) is 0 Å². The highest BCUT2D eigenvalue weighted by Gasteiger charge is 2.12. The Labute approximate surface area is 98.8 Å². The first-order chi connectivity index (χ1) is 7.91. The Balaban J connectivity index is 2.70. The number of nitrogens with zero attached hydrogens (tertiary/aromatic N) is 2. The fourth-order valence-electron chi connectivity index (χ4n) is 1.23. The molecule has 0 bridgehead atoms. The second-order valence-corrected chi connectivity index (χ2v) is 3.90. The van der Waals surface area contributed by atoms with Crippen molar-refractivity contribution in [2.24, 2.45) is 5.73 Å². The third-order valence-electron chi connectivity index (χ3n) is 2.40. The van der Waals surface area contributed by atoms with Gasteiger partial charge in [0.15, 0.2) is 0 Å². The van der Waals surface area contributed by atoms with Gasteiger partial charge in [0.2, 0.25) is 0 Å². The van der Waals surface area contributed by atoms with Crippen LogP contribution in [0.3, 0.4) is 0 Å². The molecule has 0 fully saturated rings. The van der Waals surface area contributed by atoms with Crippen LogP contribution in [0.5, 0.6) is 0 Å². The van der Waals surface area contributed by atoms with Crippen molar-refractivity contribution in [3.05, 3.63) is 27.9 Å². The van der Waals surface area contributed by atoms with Crippen LogP contribution in [0.2, 0.25) is 0 Å². The molecule has 7 nitrogen and oxygen atoms in total. The maximum absolute atomic E-state index is 10.5. The van der Waals surface area contributed by atoms with Crippen molar-refractivity contribution in [3.63, 3.8) is 0 Å². The molecule has 0 aliphatic carbocycles. The smallest absolute Gasteiger partial charge is 0.287 e. The van der Waals surface area contributed by atoms with Gasteiger partial charge in [0.25, 0.3) is 5.69 Å². The molecule has 94 valence electrons. The van der Waals surface area contributed by atoms with E-state index in [1.54, 1.807) is 13.8 Å². The van der Waals surface area contributed by atoms with Crippen LogP contribution in [0.25, 0.3) is 0 Å². The minimum atomic E-state index is -0.624. The molecule has 0 radical (unpaired) electrons. The van der Waals surface area contributed by atoms with Gasteiger partial charge in [-0.25, -0.2) is 4.98 Å². The number of pyridine rings is 1. The Morgan fingerprint density at radius 1 is 1.71 bits per heavy atom. The van der Waals surface area contributed by atoms with E-state index in [1.807, 2.05) is 0 Å². The average molecular weight is 240 g/mol. The number of nitrogens with two attached hydrogens (primary N) is 1. The minimum Gasteiger partial charge on any atom is -0.392 e. The summed E-state index contributed by atoms with van der Waals surface area (Å²) in [6, 6.07) is 1.02. The lowest BCUT2D eigenvalue weighted by Gasteiger charge is -2.16. The summed E-state index contributed by atoms with van der Waals surface area (Å²) in [7, 11) is 0. The number of anilines is 1. The first kappa shape index (κ1) is 13.3. The highest BCUT2D eigenvalue weighted by atomic mass is 16.6. The summed E-state index contributed by atoms with van der Waals surface area (Å²) in [5.74, 6) is 0.534. The molecular formula is C10H16N4O3. The molecule has 1 aromatic heterocycles. The monoisotopic (exact) mass is 240 g/mol. The van der Waals surface area contributed by atoms with Crippen LogP contribution in [0, 0.1) is 17.0 Å². The predicted octanol–water partition coefficient (Wildman–Crippen LogP) is 0.418. The molecule has 0 spiro atoms. The van der Waals surface area contributed by atoms with E-state index in [0.717, 1.165) is 0 Å². The van der Waals surface area contributed by atoms with Gasteiger partial charge in [0.05, 0.1) is 11.0 Å². The average Bonchev–Trinajstić information content (AvgIpc) is 2.26. The van der Waals surface area contributed by atoms with Gasteiger partial charge in [-0.05, 0) is 19.4 Å². The number of aryl methyl sites for hydroxylation is 1. The molecule has 1 heterocycles. The van der Waals surface area contributed by atoms with E-state index in [2.05, 4.69) is 10.3 Å². The van der Waals surface area contributed by atoms with Crippen molar-refractivity contribution in [2.75, 3.05) is 11.9 Å². The maximum atomic E-state index is 10.5. The minimum absolute atomic E-state index is 0.0483. The predicted molar refractivity (Wildman–Crippen MR) is 63.8 cm³/mol. The quantitative estimate of drug-likeness (QED) is 0.507. The fourth-order valence-corrected chi connectivity index (χ4v) is 1.23. The van der Waals surface area contributed by atoms with Crippen LogP contribution in [0.1, 0.15) is 12.5 Å². The molecule has 0 aromatic carbocycles. The van der Waals surface area contributed by atoms with Gasteiger partial charge in [0.1, 0.15) is 12.0 Å². The molecule has 17 heavy (non-hydrogen) atoms. The molecule has 1 aromatic rings. The van der Waals surface area contributed by atoms with Crippen molar-refractivity contribution in [2.45, 2.75) is 26.0 Å². The molecule has 2 atom stereocenters. The zero-order valence-electron chi connectivity index (χ0n) is 9.75. The number of aliphatic hydroxyl groups is 1. The van der Waals surface area contributed by atoms with Crippen molar-refractivity contribution >= 4 is 11.5 Å². The molecule has 0 aliphatic rings. The Bertz CT molecular complexity index is 409. The van der Waals surface area contributed by atoms with Gasteiger partial charge in [-0.3, -0.25) is 10.1 Å². The first-order valence-electron chi connectivity index (χ1n) is 5.20. The van der Waals surface area contributed by atoms with E-state index in [-0.39, 0.29) is 5.69 Å². The van der Waals surface area contributed by atoms with Crippen molar-refractivity contribution < 1.29 is 10.0 Å². The van der Waals surface area contributed by atoms with E-state index in [0.29, 0.717) is 17.9 Å². The molecule has 1 rings (SSSR count). The largest absolute Gasteiger partial charge is 0.392 e. The molecule has 2 unspecified atom stereocenters. The SMILES string of the molecule is Cc1cc([N+](=O)[O-])cnc1NCC(N)C(C)O. The highest BCUT2D eigenvalue weighted by Crippen LogP contribution is 2.17. The van der Waals surface area contributed by atoms with Crippen LogP contribution in [0.15, 0.2) is 12.3 Å². The van der Waals surface area contributed by atoms with Crippen LogP contribution in [-0.4, -0.2) is 33.7 Å². The molecule has 0 aliphatic heterocycles. The first-order valence-corrected chi connectivity index (χ1v) is 5.20. The summed E-state index contributed by atoms with van der Waals surface area (Å²) in [6.07, 6.45) is 0.560. The number of nitro groups is 1. The lowest BCUT2D eigenvalue weighted by Crippen LogP contribution is -2.38. The number of nitrogens with one attached hydrogen (secondary N) is 1. The van der Waals surface area contributed by atoms with Crippen LogP contribution >= 0.6 is 0 Å². The van der Waals surface area contributed by atoms with E-state index in [9.17, 15) is 15.2 Å². The number of aromatic nitrogens is 1. The molecule has 0 saturated heterocycles. The van der Waals surface area contributed by atoms with Crippen molar-refractivity contribution in [3.8, 4) is 0 Å². The van der Waals surface area contributed by atoms with Gasteiger partial charge < -0.3 is 16.2 Å². The molecule has 0 amide bonds. The van der Waals surface area contributed by atoms with Crippen LogP contribution in [-0.2, 0) is 0 Å². The zero-order chi connectivity index (χ0) is 13.0. The maximum Gasteiger partial charge on any atom is 0.287 e. The van der Waals surface area contributed by atoms with E-state index in [4.69, 9.17) is 5.73 Å². The van der Waals surface area contributed by atoms with E-state index in [1.165, 1.54) is 12.3 Å². The van der Waals surface area contributed by atoms with Gasteiger partial charge in [-0.1, -0.05) is 0 Å². The standard InChI is InChI=1S/C10H16N4O3/c1-6-3-8(14(16)17)4-12-10(6)13-5-9(11)7(2)15/h3-4,7,9,15H,5,11H2,1-2H3,(H,12,13). The normalized spacial score (nSPS) is 14.1. The number of hydrogen-bond acceptors (Lipinski definition) is 6.